The largest absolute Gasteiger partial charge is 0.394 e. The van der Waals surface area contributed by atoms with Crippen molar-refractivity contribution in [3.63, 3.8) is 0 Å². The van der Waals surface area contributed by atoms with Gasteiger partial charge >= 0.3 is 0 Å². The fourth-order valence-electron chi connectivity index (χ4n) is 0.953. The van der Waals surface area contributed by atoms with Crippen LogP contribution < -0.4 is 5.32 Å². The van der Waals surface area contributed by atoms with E-state index in [2.05, 4.69) is 10.3 Å². The van der Waals surface area contributed by atoms with Crippen molar-refractivity contribution < 1.29 is 14.2 Å². The zero-order chi connectivity index (χ0) is 11.1. The number of hydrogen-bond acceptors (Lipinski definition) is 4. The van der Waals surface area contributed by atoms with E-state index in [1.165, 1.54) is 12.3 Å². The Labute approximate surface area is 92.0 Å². The lowest BCUT2D eigenvalue weighted by molar-refractivity contribution is 0.0991. The normalized spacial score (nSPS) is 10.3. The highest BCUT2D eigenvalue weighted by molar-refractivity contribution is 6.30. The summed E-state index contributed by atoms with van der Waals surface area (Å²) in [5.74, 6) is -0.350. The van der Waals surface area contributed by atoms with E-state index in [0.29, 0.717) is 13.2 Å². The Bertz CT molecular complexity index is 312. The predicted octanol–water partition coefficient (Wildman–Crippen LogP) is 1.29. The molecule has 0 fully saturated rings. The molecule has 4 nitrogen and oxygen atoms in total. The summed E-state index contributed by atoms with van der Waals surface area (Å²) in [7, 11) is 0. The highest BCUT2D eigenvalue weighted by atomic mass is 35.5. The second-order valence-electron chi connectivity index (χ2n) is 2.75. The molecule has 1 aromatic heterocycles. The lowest BCUT2D eigenvalue weighted by atomic mass is 10.4. The molecule has 0 saturated carbocycles. The molecule has 84 valence electrons. The van der Waals surface area contributed by atoms with Crippen LogP contribution in [0.2, 0.25) is 5.02 Å². The fourth-order valence-corrected chi connectivity index (χ4v) is 1.10. The minimum absolute atomic E-state index is 0.0203. The average Bonchev–Trinajstić information content (AvgIpc) is 2.20. The van der Waals surface area contributed by atoms with Gasteiger partial charge in [0, 0.05) is 12.7 Å². The van der Waals surface area contributed by atoms with E-state index in [-0.39, 0.29) is 24.1 Å². The van der Waals surface area contributed by atoms with Gasteiger partial charge in [0.15, 0.2) is 11.6 Å². The van der Waals surface area contributed by atoms with E-state index in [0.717, 1.165) is 0 Å². The maximum absolute atomic E-state index is 13.1. The van der Waals surface area contributed by atoms with Gasteiger partial charge in [0.25, 0.3) is 0 Å². The van der Waals surface area contributed by atoms with Crippen LogP contribution in [0.5, 0.6) is 0 Å². The van der Waals surface area contributed by atoms with Crippen molar-refractivity contribution in [2.24, 2.45) is 0 Å². The van der Waals surface area contributed by atoms with Gasteiger partial charge in [0.05, 0.1) is 24.8 Å². The lowest BCUT2D eigenvalue weighted by Crippen LogP contribution is -2.12. The molecule has 0 atom stereocenters. The molecule has 1 rings (SSSR count). The summed E-state index contributed by atoms with van der Waals surface area (Å²) in [4.78, 5) is 3.77. The second-order valence-corrected chi connectivity index (χ2v) is 3.18. The number of rotatable bonds is 6. The van der Waals surface area contributed by atoms with Gasteiger partial charge in [-0.3, -0.25) is 0 Å². The van der Waals surface area contributed by atoms with Gasteiger partial charge in [0.1, 0.15) is 0 Å². The van der Waals surface area contributed by atoms with Gasteiger partial charge in [-0.25, -0.2) is 9.37 Å². The summed E-state index contributed by atoms with van der Waals surface area (Å²) in [6, 6.07) is 1.19. The maximum atomic E-state index is 13.1. The molecule has 0 spiro atoms. The Morgan fingerprint density at radius 3 is 3.00 bits per heavy atom. The van der Waals surface area contributed by atoms with Crippen LogP contribution in [0.25, 0.3) is 0 Å². The number of anilines is 1. The van der Waals surface area contributed by atoms with Gasteiger partial charge in [-0.1, -0.05) is 11.6 Å². The van der Waals surface area contributed by atoms with Crippen molar-refractivity contribution in [3.05, 3.63) is 23.1 Å². The number of hydrogen-bond donors (Lipinski definition) is 2. The van der Waals surface area contributed by atoms with Crippen molar-refractivity contribution in [2.45, 2.75) is 0 Å². The van der Waals surface area contributed by atoms with Crippen LogP contribution in [0.15, 0.2) is 12.3 Å². The zero-order valence-corrected chi connectivity index (χ0v) is 8.80. The van der Waals surface area contributed by atoms with Crippen LogP contribution in [0.1, 0.15) is 0 Å². The Balaban J connectivity index is 2.31. The monoisotopic (exact) mass is 234 g/mol. The van der Waals surface area contributed by atoms with E-state index < -0.39 is 5.82 Å². The highest BCUT2D eigenvalue weighted by Crippen LogP contribution is 2.14. The van der Waals surface area contributed by atoms with Crippen LogP contribution in [-0.4, -0.2) is 36.5 Å². The van der Waals surface area contributed by atoms with Crippen LogP contribution in [-0.2, 0) is 4.74 Å². The quantitative estimate of drug-likeness (QED) is 0.729. The topological polar surface area (TPSA) is 54.4 Å². The molecule has 1 heterocycles. The molecule has 2 N–H and O–H groups in total. The number of aromatic nitrogens is 1. The Hall–Kier alpha value is -0.910. The third-order valence-corrected chi connectivity index (χ3v) is 1.79. The number of nitrogens with one attached hydrogen (secondary N) is 1. The molecule has 0 unspecified atom stereocenters. The van der Waals surface area contributed by atoms with Gasteiger partial charge in [0.2, 0.25) is 0 Å². The van der Waals surface area contributed by atoms with Crippen LogP contribution in [0, 0.1) is 5.82 Å². The Morgan fingerprint density at radius 2 is 2.33 bits per heavy atom. The van der Waals surface area contributed by atoms with Crippen molar-refractivity contribution in [2.75, 3.05) is 31.7 Å². The Kier molecular flexibility index (Phi) is 5.31. The number of pyridine rings is 1. The van der Waals surface area contributed by atoms with E-state index in [1.807, 2.05) is 0 Å². The average molecular weight is 235 g/mol. The standard InChI is InChI=1S/C9H12ClFN2O2/c10-7-5-8(11)9(13-6-7)12-1-3-15-4-2-14/h5-6,14H,1-4H2,(H,12,13). The minimum atomic E-state index is -0.496. The van der Waals surface area contributed by atoms with Crippen LogP contribution in [0.4, 0.5) is 10.2 Å². The van der Waals surface area contributed by atoms with E-state index >= 15 is 0 Å². The number of halogens is 2. The first-order valence-electron chi connectivity index (χ1n) is 4.47. The molecular weight excluding hydrogens is 223 g/mol. The van der Waals surface area contributed by atoms with Gasteiger partial charge < -0.3 is 15.2 Å². The van der Waals surface area contributed by atoms with Crippen LogP contribution >= 0.6 is 11.6 Å². The van der Waals surface area contributed by atoms with E-state index in [1.54, 1.807) is 0 Å². The third-order valence-electron chi connectivity index (χ3n) is 1.58. The maximum Gasteiger partial charge on any atom is 0.166 e. The number of aliphatic hydroxyl groups excluding tert-OH is 1. The number of nitrogens with zero attached hydrogens (tertiary/aromatic N) is 1. The molecule has 0 aliphatic carbocycles. The summed E-state index contributed by atoms with van der Waals surface area (Å²) in [5.41, 5.74) is 0. The van der Waals surface area contributed by atoms with Gasteiger partial charge in [-0.2, -0.15) is 0 Å². The third kappa shape index (κ3) is 4.42. The SMILES string of the molecule is OCCOCCNc1ncc(Cl)cc1F. The first kappa shape index (κ1) is 12.2. The molecule has 1 aromatic rings. The van der Waals surface area contributed by atoms with Crippen molar-refractivity contribution in [1.29, 1.82) is 0 Å². The Morgan fingerprint density at radius 1 is 1.53 bits per heavy atom. The zero-order valence-electron chi connectivity index (χ0n) is 8.04. The fraction of sp³-hybridized carbons (Fsp3) is 0.444. The summed E-state index contributed by atoms with van der Waals surface area (Å²) in [5, 5.41) is 11.4. The summed E-state index contributed by atoms with van der Waals surface area (Å²) in [6.07, 6.45) is 1.36. The van der Waals surface area contributed by atoms with Gasteiger partial charge in [-0.15, -0.1) is 0 Å². The first-order chi connectivity index (χ1) is 7.24. The summed E-state index contributed by atoms with van der Waals surface area (Å²) >= 11 is 5.54. The molecule has 0 radical (unpaired) electrons. The molecule has 0 aliphatic heterocycles. The van der Waals surface area contributed by atoms with Crippen molar-refractivity contribution >= 4 is 17.4 Å². The molecule has 0 bridgehead atoms. The van der Waals surface area contributed by atoms with E-state index in [4.69, 9.17) is 21.4 Å². The predicted molar refractivity (Wildman–Crippen MR) is 55.6 cm³/mol. The lowest BCUT2D eigenvalue weighted by Gasteiger charge is -2.06. The first-order valence-corrected chi connectivity index (χ1v) is 4.85. The minimum Gasteiger partial charge on any atom is -0.394 e. The van der Waals surface area contributed by atoms with Crippen molar-refractivity contribution in [1.82, 2.24) is 4.98 Å². The molecular formula is C9H12ClFN2O2. The molecule has 6 heteroatoms. The molecule has 0 amide bonds. The highest BCUT2D eigenvalue weighted by Gasteiger charge is 2.02. The summed E-state index contributed by atoms with van der Waals surface area (Å²) < 4.78 is 18.1. The van der Waals surface area contributed by atoms with Gasteiger partial charge in [-0.05, 0) is 6.07 Å². The molecule has 0 aromatic carbocycles. The molecule has 15 heavy (non-hydrogen) atoms. The molecule has 0 aliphatic rings. The van der Waals surface area contributed by atoms with Crippen molar-refractivity contribution in [3.8, 4) is 0 Å². The number of ether oxygens (including phenoxy) is 1. The second kappa shape index (κ2) is 6.55. The van der Waals surface area contributed by atoms with Crippen LogP contribution in [0.3, 0.4) is 0 Å². The number of aliphatic hydroxyl groups is 1. The smallest absolute Gasteiger partial charge is 0.166 e. The van der Waals surface area contributed by atoms with E-state index in [9.17, 15) is 4.39 Å². The summed E-state index contributed by atoms with van der Waals surface area (Å²) in [6.45, 7) is 1.06. The molecule has 0 saturated heterocycles.